The van der Waals surface area contributed by atoms with E-state index in [1.54, 1.807) is 37.5 Å². The highest BCUT2D eigenvalue weighted by atomic mass is 19.1. The Balaban J connectivity index is 1.75. The number of halogens is 1. The lowest BCUT2D eigenvalue weighted by atomic mass is 10.1. The van der Waals surface area contributed by atoms with Gasteiger partial charge in [0.25, 0.3) is 5.91 Å². The Morgan fingerprint density at radius 2 is 2.15 bits per heavy atom. The predicted molar refractivity (Wildman–Crippen MR) is 101 cm³/mol. The lowest BCUT2D eigenvalue weighted by Gasteiger charge is -2.09. The van der Waals surface area contributed by atoms with Crippen LogP contribution in [0.4, 0.5) is 10.2 Å². The van der Waals surface area contributed by atoms with Crippen molar-refractivity contribution in [1.29, 1.82) is 0 Å². The molecule has 0 atom stereocenters. The first-order chi connectivity index (χ1) is 13.1. The molecule has 0 unspecified atom stereocenters. The van der Waals surface area contributed by atoms with Crippen LogP contribution >= 0.6 is 0 Å². The Morgan fingerprint density at radius 3 is 2.93 bits per heavy atom. The molecule has 0 radical (unpaired) electrons. The van der Waals surface area contributed by atoms with Crippen molar-refractivity contribution < 1.29 is 9.18 Å². The lowest BCUT2D eigenvalue weighted by Crippen LogP contribution is -2.24. The van der Waals surface area contributed by atoms with Gasteiger partial charge >= 0.3 is 0 Å². The lowest BCUT2D eigenvalue weighted by molar-refractivity contribution is 0.0949. The molecule has 2 aromatic heterocycles. The van der Waals surface area contributed by atoms with Crippen LogP contribution in [-0.4, -0.2) is 32.5 Å². The molecule has 0 fully saturated rings. The number of carbonyl (C=O) groups is 1. The zero-order valence-corrected chi connectivity index (χ0v) is 15.2. The first-order valence-electron chi connectivity index (χ1n) is 8.71. The largest absolute Gasteiger partial charge is 0.371 e. The van der Waals surface area contributed by atoms with E-state index in [0.717, 1.165) is 25.0 Å². The van der Waals surface area contributed by atoms with Crippen LogP contribution in [0.15, 0.2) is 42.9 Å². The maximum atomic E-state index is 13.6. The van der Waals surface area contributed by atoms with Gasteiger partial charge in [-0.25, -0.2) is 19.3 Å². The van der Waals surface area contributed by atoms with Gasteiger partial charge in [0.1, 0.15) is 5.82 Å². The van der Waals surface area contributed by atoms with Crippen molar-refractivity contribution in [2.75, 3.05) is 12.4 Å². The normalized spacial score (nSPS) is 10.6. The van der Waals surface area contributed by atoms with E-state index in [1.807, 2.05) is 10.8 Å². The molecule has 1 amide bonds. The number of hydrogen-bond donors (Lipinski definition) is 2. The van der Waals surface area contributed by atoms with Crippen LogP contribution in [0, 0.1) is 5.82 Å². The van der Waals surface area contributed by atoms with Crippen molar-refractivity contribution in [3.8, 4) is 11.4 Å². The predicted octanol–water partition coefficient (Wildman–Crippen LogP) is 2.86. The number of nitrogens with zero attached hydrogens (tertiary/aromatic N) is 4. The number of amides is 1. The molecule has 27 heavy (non-hydrogen) atoms. The molecule has 140 valence electrons. The maximum absolute atomic E-state index is 13.6. The second-order valence-electron chi connectivity index (χ2n) is 5.94. The third-order valence-electron chi connectivity index (χ3n) is 4.04. The average Bonchev–Trinajstić information content (AvgIpc) is 3.14. The number of rotatable bonds is 7. The van der Waals surface area contributed by atoms with Crippen LogP contribution in [0.2, 0.25) is 0 Å². The number of anilines is 1. The average molecular weight is 368 g/mol. The van der Waals surface area contributed by atoms with Crippen LogP contribution in [-0.2, 0) is 13.1 Å². The summed E-state index contributed by atoms with van der Waals surface area (Å²) in [6, 6.07) is 6.91. The van der Waals surface area contributed by atoms with Crippen LogP contribution in [0.1, 0.15) is 29.5 Å². The molecular weight excluding hydrogens is 347 g/mol. The van der Waals surface area contributed by atoms with Gasteiger partial charge in [-0.1, -0.05) is 19.1 Å². The topological polar surface area (TPSA) is 84.7 Å². The van der Waals surface area contributed by atoms with Crippen LogP contribution in [0.3, 0.4) is 0 Å². The number of aromatic nitrogens is 4. The molecule has 1 aromatic carbocycles. The third-order valence-corrected chi connectivity index (χ3v) is 4.04. The summed E-state index contributed by atoms with van der Waals surface area (Å²) in [6.07, 6.45) is 5.72. The fraction of sp³-hybridized carbons (Fsp3) is 0.263. The summed E-state index contributed by atoms with van der Waals surface area (Å²) in [5, 5.41) is 5.55. The summed E-state index contributed by atoms with van der Waals surface area (Å²) in [7, 11) is 1.58. The fourth-order valence-electron chi connectivity index (χ4n) is 2.69. The molecule has 0 aliphatic rings. The first kappa shape index (κ1) is 18.5. The van der Waals surface area contributed by atoms with Gasteiger partial charge in [-0.3, -0.25) is 4.79 Å². The van der Waals surface area contributed by atoms with Gasteiger partial charge in [0.05, 0.1) is 12.7 Å². The fourth-order valence-corrected chi connectivity index (χ4v) is 2.69. The molecule has 0 spiro atoms. The summed E-state index contributed by atoms with van der Waals surface area (Å²) in [5.74, 6) is 0.505. The summed E-state index contributed by atoms with van der Waals surface area (Å²) in [6.45, 7) is 3.29. The molecule has 0 aliphatic heterocycles. The van der Waals surface area contributed by atoms with E-state index in [1.165, 1.54) is 0 Å². The van der Waals surface area contributed by atoms with Crippen molar-refractivity contribution in [2.45, 2.75) is 26.4 Å². The number of carbonyl (C=O) groups excluding carboxylic acids is 1. The smallest absolute Gasteiger partial charge is 0.251 e. The Morgan fingerprint density at radius 1 is 1.30 bits per heavy atom. The summed E-state index contributed by atoms with van der Waals surface area (Å²) < 4.78 is 15.6. The maximum Gasteiger partial charge on any atom is 0.251 e. The van der Waals surface area contributed by atoms with Crippen LogP contribution < -0.4 is 10.6 Å². The summed E-state index contributed by atoms with van der Waals surface area (Å²) in [5.41, 5.74) is 1.10. The number of imidazole rings is 1. The zero-order chi connectivity index (χ0) is 19.2. The zero-order valence-electron chi connectivity index (χ0n) is 15.2. The molecule has 2 N–H and O–H groups in total. The van der Waals surface area contributed by atoms with E-state index in [4.69, 9.17) is 0 Å². The molecule has 0 saturated heterocycles. The van der Waals surface area contributed by atoms with Crippen LogP contribution in [0.25, 0.3) is 11.4 Å². The first-order valence-corrected chi connectivity index (χ1v) is 8.71. The Hall–Kier alpha value is -3.29. The molecule has 0 saturated carbocycles. The number of hydrogen-bond acceptors (Lipinski definition) is 5. The van der Waals surface area contributed by atoms with Gasteiger partial charge in [-0.05, 0) is 18.6 Å². The molecule has 3 rings (SSSR count). The highest BCUT2D eigenvalue weighted by Crippen LogP contribution is 2.19. The second kappa shape index (κ2) is 8.39. The minimum Gasteiger partial charge on any atom is -0.371 e. The SMILES string of the molecule is CCCn1ccnc1CNC(=O)c1cccc(-c2ncc(F)c(NC)n2)c1. The summed E-state index contributed by atoms with van der Waals surface area (Å²) >= 11 is 0. The number of benzene rings is 1. The summed E-state index contributed by atoms with van der Waals surface area (Å²) in [4.78, 5) is 24.9. The number of aryl methyl sites for hydroxylation is 1. The van der Waals surface area contributed by atoms with E-state index in [0.29, 0.717) is 23.5 Å². The minimum absolute atomic E-state index is 0.109. The Labute approximate surface area is 156 Å². The van der Waals surface area contributed by atoms with Crippen molar-refractivity contribution in [3.05, 3.63) is 60.1 Å². The minimum atomic E-state index is -0.530. The van der Waals surface area contributed by atoms with E-state index >= 15 is 0 Å². The number of nitrogens with one attached hydrogen (secondary N) is 2. The van der Waals surface area contributed by atoms with Crippen LogP contribution in [0.5, 0.6) is 0 Å². The van der Waals surface area contributed by atoms with E-state index in [2.05, 4.69) is 32.5 Å². The van der Waals surface area contributed by atoms with Crippen molar-refractivity contribution in [2.24, 2.45) is 0 Å². The molecular formula is C19H21FN6O. The van der Waals surface area contributed by atoms with Gasteiger partial charge in [0, 0.05) is 37.1 Å². The van der Waals surface area contributed by atoms with Gasteiger partial charge < -0.3 is 15.2 Å². The van der Waals surface area contributed by atoms with Gasteiger partial charge in [0.15, 0.2) is 17.5 Å². The molecule has 8 heteroatoms. The third kappa shape index (κ3) is 4.28. The molecule has 0 bridgehead atoms. The van der Waals surface area contributed by atoms with E-state index in [-0.39, 0.29) is 11.7 Å². The Bertz CT molecular complexity index is 939. The molecule has 0 aliphatic carbocycles. The van der Waals surface area contributed by atoms with Crippen molar-refractivity contribution in [1.82, 2.24) is 24.8 Å². The van der Waals surface area contributed by atoms with Crippen molar-refractivity contribution in [3.63, 3.8) is 0 Å². The van der Waals surface area contributed by atoms with Gasteiger partial charge in [-0.15, -0.1) is 0 Å². The highest BCUT2D eigenvalue weighted by molar-refractivity contribution is 5.95. The van der Waals surface area contributed by atoms with E-state index < -0.39 is 5.82 Å². The molecule has 3 aromatic rings. The van der Waals surface area contributed by atoms with Gasteiger partial charge in [0.2, 0.25) is 0 Å². The van der Waals surface area contributed by atoms with Gasteiger partial charge in [-0.2, -0.15) is 0 Å². The highest BCUT2D eigenvalue weighted by Gasteiger charge is 2.12. The van der Waals surface area contributed by atoms with Crippen molar-refractivity contribution >= 4 is 11.7 Å². The monoisotopic (exact) mass is 368 g/mol. The molecule has 2 heterocycles. The van der Waals surface area contributed by atoms with E-state index in [9.17, 15) is 9.18 Å². The second-order valence-corrected chi connectivity index (χ2v) is 5.94. The Kier molecular flexibility index (Phi) is 5.75. The standard InChI is InChI=1S/C19H21FN6O/c1-3-8-26-9-7-22-16(26)12-24-19(27)14-6-4-5-13(10-14)17-23-11-15(20)18(21-2)25-17/h4-7,9-11H,3,8,12H2,1-2H3,(H,24,27)(H,21,23,25). The quantitative estimate of drug-likeness (QED) is 0.670. The molecule has 7 nitrogen and oxygen atoms in total.